The van der Waals surface area contributed by atoms with E-state index in [1.165, 1.54) is 24.3 Å². The van der Waals surface area contributed by atoms with Crippen molar-refractivity contribution in [1.29, 1.82) is 5.26 Å². The van der Waals surface area contributed by atoms with Crippen molar-refractivity contribution in [2.75, 3.05) is 0 Å². The van der Waals surface area contributed by atoms with Gasteiger partial charge in [-0.1, -0.05) is 6.07 Å². The lowest BCUT2D eigenvalue weighted by Crippen LogP contribution is -2.62. The van der Waals surface area contributed by atoms with Crippen LogP contribution in [0.4, 0.5) is 17.6 Å². The molecule has 1 saturated carbocycles. The summed E-state index contributed by atoms with van der Waals surface area (Å²) in [7, 11) is -4.12. The standard InChI is InChI=1S/C18H15F4N3O3S/c1-10-6-12(2-3-13(10)15-5-4-14(19)16(9-23)24-15)29(27,28)25-11-7-17(26,8-11)18(20,21)22/h2-6,11,25-26H,7-8H2,1H3/t11-,17+. The maximum absolute atomic E-state index is 13.4. The Bertz CT molecular complexity index is 1100. The molecule has 0 bridgehead atoms. The number of aryl methyl sites for hydroxylation is 1. The summed E-state index contributed by atoms with van der Waals surface area (Å²) in [5, 5.41) is 18.3. The van der Waals surface area contributed by atoms with Crippen LogP contribution in [-0.2, 0) is 10.0 Å². The van der Waals surface area contributed by atoms with Crippen LogP contribution in [0.15, 0.2) is 35.2 Å². The van der Waals surface area contributed by atoms with Gasteiger partial charge in [-0.15, -0.1) is 0 Å². The van der Waals surface area contributed by atoms with E-state index in [9.17, 15) is 31.1 Å². The van der Waals surface area contributed by atoms with Crippen molar-refractivity contribution in [2.45, 2.75) is 42.5 Å². The highest BCUT2D eigenvalue weighted by atomic mass is 32.2. The number of sulfonamides is 1. The number of aliphatic hydroxyl groups is 1. The summed E-state index contributed by atoms with van der Waals surface area (Å²) in [5.41, 5.74) is -2.09. The van der Waals surface area contributed by atoms with Gasteiger partial charge in [0.1, 0.15) is 6.07 Å². The number of benzene rings is 1. The highest BCUT2D eigenvalue weighted by Crippen LogP contribution is 2.45. The number of pyridine rings is 1. The van der Waals surface area contributed by atoms with E-state index < -0.39 is 52.2 Å². The number of nitrogens with zero attached hydrogens (tertiary/aromatic N) is 2. The Balaban J connectivity index is 1.81. The van der Waals surface area contributed by atoms with E-state index in [4.69, 9.17) is 5.26 Å². The van der Waals surface area contributed by atoms with Crippen molar-refractivity contribution >= 4 is 10.0 Å². The average Bonchev–Trinajstić information content (AvgIpc) is 2.59. The number of aromatic nitrogens is 1. The third-order valence-electron chi connectivity index (χ3n) is 4.75. The quantitative estimate of drug-likeness (QED) is 0.728. The second kappa shape index (κ2) is 7.05. The molecular weight excluding hydrogens is 414 g/mol. The van der Waals surface area contributed by atoms with Gasteiger partial charge < -0.3 is 5.11 Å². The highest BCUT2D eigenvalue weighted by molar-refractivity contribution is 7.89. The average molecular weight is 429 g/mol. The smallest absolute Gasteiger partial charge is 0.380 e. The minimum atomic E-state index is -4.82. The van der Waals surface area contributed by atoms with Crippen LogP contribution in [0.2, 0.25) is 0 Å². The minimum Gasteiger partial charge on any atom is -0.380 e. The SMILES string of the molecule is Cc1cc(S(=O)(=O)N[C@H]2C[C@](O)(C(F)(F)F)C2)ccc1-c1ccc(F)c(C#N)n1. The van der Waals surface area contributed by atoms with Gasteiger partial charge in [0.25, 0.3) is 0 Å². The maximum atomic E-state index is 13.4. The zero-order chi connectivity index (χ0) is 21.6. The number of nitriles is 1. The molecule has 2 aromatic rings. The number of hydrogen-bond donors (Lipinski definition) is 2. The van der Waals surface area contributed by atoms with Crippen LogP contribution in [0.25, 0.3) is 11.3 Å². The molecule has 1 aliphatic carbocycles. The second-order valence-electron chi connectivity index (χ2n) is 6.87. The molecule has 0 amide bonds. The first-order valence-corrected chi connectivity index (χ1v) is 9.84. The lowest BCUT2D eigenvalue weighted by atomic mass is 9.76. The molecule has 0 saturated heterocycles. The van der Waals surface area contributed by atoms with Gasteiger partial charge in [-0.2, -0.15) is 18.4 Å². The summed E-state index contributed by atoms with van der Waals surface area (Å²) in [5.74, 6) is -0.781. The Morgan fingerprint density at radius 3 is 2.48 bits per heavy atom. The van der Waals surface area contributed by atoms with E-state index in [1.54, 1.807) is 13.0 Å². The molecule has 6 nitrogen and oxygen atoms in total. The van der Waals surface area contributed by atoms with Crippen molar-refractivity contribution in [1.82, 2.24) is 9.71 Å². The normalized spacial score (nSPS) is 22.0. The van der Waals surface area contributed by atoms with E-state index in [1.807, 2.05) is 0 Å². The molecule has 0 radical (unpaired) electrons. The van der Waals surface area contributed by atoms with E-state index >= 15 is 0 Å². The third kappa shape index (κ3) is 3.96. The van der Waals surface area contributed by atoms with Gasteiger partial charge in [-0.05, 0) is 36.8 Å². The summed E-state index contributed by atoms with van der Waals surface area (Å²) in [6.07, 6.45) is -6.34. The lowest BCUT2D eigenvalue weighted by Gasteiger charge is -2.44. The van der Waals surface area contributed by atoms with Crippen LogP contribution in [0.1, 0.15) is 24.1 Å². The maximum Gasteiger partial charge on any atom is 0.417 e. The Morgan fingerprint density at radius 1 is 1.28 bits per heavy atom. The van der Waals surface area contributed by atoms with Gasteiger partial charge in [-0.25, -0.2) is 22.5 Å². The molecular formula is C18H15F4N3O3S. The summed E-state index contributed by atoms with van der Waals surface area (Å²) >= 11 is 0. The Labute approximate surface area is 163 Å². The second-order valence-corrected chi connectivity index (χ2v) is 8.59. The van der Waals surface area contributed by atoms with Gasteiger partial charge in [0.05, 0.1) is 10.6 Å². The summed E-state index contributed by atoms with van der Waals surface area (Å²) in [4.78, 5) is 3.71. The van der Waals surface area contributed by atoms with Gasteiger partial charge in [0.2, 0.25) is 10.0 Å². The van der Waals surface area contributed by atoms with E-state index in [0.717, 1.165) is 6.07 Å². The molecule has 11 heteroatoms. The van der Waals surface area contributed by atoms with E-state index in [-0.39, 0.29) is 10.6 Å². The molecule has 2 N–H and O–H groups in total. The van der Waals surface area contributed by atoms with Crippen LogP contribution < -0.4 is 4.72 Å². The zero-order valence-electron chi connectivity index (χ0n) is 15.0. The topological polar surface area (TPSA) is 103 Å². The Kier molecular flexibility index (Phi) is 5.15. The molecule has 0 spiro atoms. The fraction of sp³-hybridized carbons (Fsp3) is 0.333. The minimum absolute atomic E-state index is 0.177. The number of rotatable bonds is 4. The van der Waals surface area contributed by atoms with Gasteiger partial charge in [0.15, 0.2) is 17.1 Å². The van der Waals surface area contributed by atoms with Crippen LogP contribution in [0.3, 0.4) is 0 Å². The van der Waals surface area contributed by atoms with Crippen molar-refractivity contribution in [2.24, 2.45) is 0 Å². The van der Waals surface area contributed by atoms with Crippen LogP contribution in [0, 0.1) is 24.1 Å². The van der Waals surface area contributed by atoms with E-state index in [0.29, 0.717) is 11.1 Å². The fourth-order valence-corrected chi connectivity index (χ4v) is 4.44. The summed E-state index contributed by atoms with van der Waals surface area (Å²) < 4.78 is 78.5. The summed E-state index contributed by atoms with van der Waals surface area (Å²) in [6.45, 7) is 1.58. The molecule has 1 aromatic heterocycles. The molecule has 29 heavy (non-hydrogen) atoms. The van der Waals surface area contributed by atoms with Crippen LogP contribution >= 0.6 is 0 Å². The molecule has 1 aliphatic rings. The van der Waals surface area contributed by atoms with Crippen molar-refractivity contribution in [3.63, 3.8) is 0 Å². The van der Waals surface area contributed by atoms with E-state index in [2.05, 4.69) is 9.71 Å². The molecule has 3 rings (SSSR count). The Morgan fingerprint density at radius 2 is 1.93 bits per heavy atom. The fourth-order valence-electron chi connectivity index (χ4n) is 3.12. The molecule has 1 heterocycles. The van der Waals surface area contributed by atoms with Crippen LogP contribution in [-0.4, -0.2) is 36.3 Å². The van der Waals surface area contributed by atoms with Crippen LogP contribution in [0.5, 0.6) is 0 Å². The number of hydrogen-bond acceptors (Lipinski definition) is 5. The van der Waals surface area contributed by atoms with Crippen molar-refractivity contribution in [3.8, 4) is 17.3 Å². The summed E-state index contributed by atoms with van der Waals surface area (Å²) in [6, 6.07) is 6.94. The predicted molar refractivity (Wildman–Crippen MR) is 93.4 cm³/mol. The van der Waals surface area contributed by atoms with Gasteiger partial charge in [-0.3, -0.25) is 0 Å². The predicted octanol–water partition coefficient (Wildman–Crippen LogP) is 2.80. The first-order chi connectivity index (χ1) is 13.4. The molecule has 0 unspecified atom stereocenters. The molecule has 0 atom stereocenters. The highest BCUT2D eigenvalue weighted by Gasteiger charge is 2.61. The van der Waals surface area contributed by atoms with Crippen molar-refractivity contribution in [3.05, 3.63) is 47.4 Å². The van der Waals surface area contributed by atoms with Crippen molar-refractivity contribution < 1.29 is 31.1 Å². The molecule has 154 valence electrons. The monoisotopic (exact) mass is 429 g/mol. The first-order valence-electron chi connectivity index (χ1n) is 8.35. The first kappa shape index (κ1) is 21.2. The third-order valence-corrected chi connectivity index (χ3v) is 6.27. The lowest BCUT2D eigenvalue weighted by molar-refractivity contribution is -0.290. The van der Waals surface area contributed by atoms with Gasteiger partial charge >= 0.3 is 6.18 Å². The zero-order valence-corrected chi connectivity index (χ0v) is 15.8. The molecule has 0 aliphatic heterocycles. The number of nitrogens with one attached hydrogen (secondary N) is 1. The van der Waals surface area contributed by atoms with Gasteiger partial charge in [0, 0.05) is 24.4 Å². The largest absolute Gasteiger partial charge is 0.417 e. The molecule has 1 fully saturated rings. The number of halogens is 4. The Hall–Kier alpha value is -2.55. The number of alkyl halides is 3. The molecule has 1 aromatic carbocycles.